The van der Waals surface area contributed by atoms with Crippen molar-refractivity contribution in [3.63, 3.8) is 0 Å². The van der Waals surface area contributed by atoms with Gasteiger partial charge in [-0.15, -0.1) is 11.3 Å². The molecule has 0 aliphatic heterocycles. The van der Waals surface area contributed by atoms with E-state index in [0.717, 1.165) is 16.6 Å². The smallest absolute Gasteiger partial charge is 0.355 e. The van der Waals surface area contributed by atoms with Crippen molar-refractivity contribution in [3.8, 4) is 0 Å². The van der Waals surface area contributed by atoms with Crippen LogP contribution in [-0.2, 0) is 16.1 Å². The van der Waals surface area contributed by atoms with E-state index in [1.54, 1.807) is 11.4 Å². The largest absolute Gasteiger partial charge is 0.454 e. The molecule has 0 aliphatic carbocycles. The first-order chi connectivity index (χ1) is 13.6. The number of aromatic amines is 1. The van der Waals surface area contributed by atoms with Crippen LogP contribution in [0.1, 0.15) is 23.1 Å². The molecule has 28 heavy (non-hydrogen) atoms. The van der Waals surface area contributed by atoms with Gasteiger partial charge in [0.15, 0.2) is 5.13 Å². The summed E-state index contributed by atoms with van der Waals surface area (Å²) in [6.45, 7) is 1.52. The van der Waals surface area contributed by atoms with Gasteiger partial charge in [-0.25, -0.2) is 9.78 Å². The van der Waals surface area contributed by atoms with Gasteiger partial charge in [-0.05, 0) is 24.3 Å². The zero-order valence-corrected chi connectivity index (χ0v) is 15.9. The van der Waals surface area contributed by atoms with E-state index >= 15 is 0 Å². The Kier molecular flexibility index (Phi) is 4.90. The van der Waals surface area contributed by atoms with E-state index in [1.807, 2.05) is 54.6 Å². The highest BCUT2D eigenvalue weighted by Gasteiger charge is 2.18. The lowest BCUT2D eigenvalue weighted by Crippen LogP contribution is -2.22. The zero-order valence-electron chi connectivity index (χ0n) is 15.1. The first-order valence-corrected chi connectivity index (χ1v) is 9.55. The molecule has 0 atom stereocenters. The Labute approximate surface area is 165 Å². The highest BCUT2D eigenvalue weighted by Crippen LogP contribution is 2.29. The number of esters is 1. The van der Waals surface area contributed by atoms with Gasteiger partial charge in [0.1, 0.15) is 12.3 Å². The Bertz CT molecular complexity index is 1100. The molecule has 0 spiro atoms. The maximum Gasteiger partial charge on any atom is 0.355 e. The van der Waals surface area contributed by atoms with Gasteiger partial charge in [-0.3, -0.25) is 9.69 Å². The second-order valence-electron chi connectivity index (χ2n) is 6.16. The average Bonchev–Trinajstić information content (AvgIpc) is 3.34. The summed E-state index contributed by atoms with van der Waals surface area (Å²) in [5, 5.41) is 3.27. The monoisotopic (exact) mass is 391 g/mol. The summed E-state index contributed by atoms with van der Waals surface area (Å²) < 4.78 is 5.37. The number of fused-ring (bicyclic) bond motifs is 1. The number of rotatable bonds is 5. The summed E-state index contributed by atoms with van der Waals surface area (Å²) in [5.74, 6) is -0.584. The van der Waals surface area contributed by atoms with Gasteiger partial charge < -0.3 is 9.72 Å². The van der Waals surface area contributed by atoms with Gasteiger partial charge in [0.25, 0.3) is 0 Å². The van der Waals surface area contributed by atoms with Gasteiger partial charge >= 0.3 is 5.97 Å². The maximum absolute atomic E-state index is 12.3. The number of nitrogens with one attached hydrogen (secondary N) is 1. The van der Waals surface area contributed by atoms with Crippen LogP contribution >= 0.6 is 11.3 Å². The van der Waals surface area contributed by atoms with Crippen LogP contribution in [0.4, 0.5) is 10.8 Å². The van der Waals surface area contributed by atoms with E-state index in [2.05, 4.69) is 9.97 Å². The molecule has 0 radical (unpaired) electrons. The standard InChI is InChI=1S/C21H17N3O3S/c1-14(25)24(17-8-3-2-4-9-17)21-22-16(13-28-21)12-27-20(26)19-11-15-7-5-6-10-18(15)23-19/h2-11,13,23H,12H2,1H3. The highest BCUT2D eigenvalue weighted by atomic mass is 32.1. The minimum atomic E-state index is -0.447. The summed E-state index contributed by atoms with van der Waals surface area (Å²) >= 11 is 1.33. The Morgan fingerprint density at radius 2 is 1.86 bits per heavy atom. The van der Waals surface area contributed by atoms with Crippen molar-refractivity contribution < 1.29 is 14.3 Å². The van der Waals surface area contributed by atoms with Crippen molar-refractivity contribution in [2.45, 2.75) is 13.5 Å². The molecule has 6 nitrogen and oxygen atoms in total. The number of benzene rings is 2. The van der Waals surface area contributed by atoms with Crippen LogP contribution in [0.15, 0.2) is 66.0 Å². The fourth-order valence-electron chi connectivity index (χ4n) is 2.87. The Morgan fingerprint density at radius 1 is 1.11 bits per heavy atom. The first kappa shape index (κ1) is 17.9. The number of amides is 1. The van der Waals surface area contributed by atoms with E-state index in [0.29, 0.717) is 16.5 Å². The number of H-pyrrole nitrogens is 1. The third-order valence-corrected chi connectivity index (χ3v) is 5.04. The van der Waals surface area contributed by atoms with Crippen molar-refractivity contribution in [2.24, 2.45) is 0 Å². The second kappa shape index (κ2) is 7.66. The third-order valence-electron chi connectivity index (χ3n) is 4.16. The molecule has 2 aromatic heterocycles. The van der Waals surface area contributed by atoms with Crippen molar-refractivity contribution in [1.82, 2.24) is 9.97 Å². The molecule has 0 bridgehead atoms. The van der Waals surface area contributed by atoms with E-state index in [9.17, 15) is 9.59 Å². The Hall–Kier alpha value is -3.45. The minimum absolute atomic E-state index is 0.0330. The van der Waals surface area contributed by atoms with E-state index in [-0.39, 0.29) is 12.5 Å². The predicted molar refractivity (Wildman–Crippen MR) is 109 cm³/mol. The molecular weight excluding hydrogens is 374 g/mol. The highest BCUT2D eigenvalue weighted by molar-refractivity contribution is 7.14. The lowest BCUT2D eigenvalue weighted by molar-refractivity contribution is -0.115. The number of carbonyl (C=O) groups excluding carboxylic acids is 2. The predicted octanol–water partition coefficient (Wildman–Crippen LogP) is 4.67. The van der Waals surface area contributed by atoms with Gasteiger partial charge in [-0.2, -0.15) is 0 Å². The molecule has 1 N–H and O–H groups in total. The second-order valence-corrected chi connectivity index (χ2v) is 6.99. The van der Waals surface area contributed by atoms with Crippen LogP contribution in [-0.4, -0.2) is 21.8 Å². The maximum atomic E-state index is 12.3. The molecule has 7 heteroatoms. The van der Waals surface area contributed by atoms with Crippen LogP contribution in [0.2, 0.25) is 0 Å². The SMILES string of the molecule is CC(=O)N(c1ccccc1)c1nc(COC(=O)c2cc3ccccc3[nH]2)cs1. The van der Waals surface area contributed by atoms with Crippen LogP contribution in [0, 0.1) is 0 Å². The normalized spacial score (nSPS) is 10.8. The van der Waals surface area contributed by atoms with E-state index in [1.165, 1.54) is 23.2 Å². The summed E-state index contributed by atoms with van der Waals surface area (Å²) in [6.07, 6.45) is 0. The molecule has 1 amide bonds. The number of anilines is 2. The fraction of sp³-hybridized carbons (Fsp3) is 0.0952. The van der Waals surface area contributed by atoms with Crippen molar-refractivity contribution in [2.75, 3.05) is 4.90 Å². The zero-order chi connectivity index (χ0) is 19.5. The average molecular weight is 391 g/mol. The topological polar surface area (TPSA) is 75.3 Å². The molecule has 0 saturated carbocycles. The van der Waals surface area contributed by atoms with Crippen LogP contribution in [0.5, 0.6) is 0 Å². The molecule has 0 unspecified atom stereocenters. The molecule has 0 saturated heterocycles. The van der Waals surface area contributed by atoms with Crippen LogP contribution < -0.4 is 4.90 Å². The quantitative estimate of drug-likeness (QED) is 0.502. The van der Waals surface area contributed by atoms with Crippen molar-refractivity contribution in [3.05, 3.63) is 77.4 Å². The van der Waals surface area contributed by atoms with Gasteiger partial charge in [0.05, 0.1) is 11.4 Å². The number of carbonyl (C=O) groups is 2. The van der Waals surface area contributed by atoms with Crippen LogP contribution in [0.3, 0.4) is 0 Å². The Balaban J connectivity index is 1.47. The lowest BCUT2D eigenvalue weighted by Gasteiger charge is -2.17. The van der Waals surface area contributed by atoms with Gasteiger partial charge in [-0.1, -0.05) is 36.4 Å². The Morgan fingerprint density at radius 3 is 2.61 bits per heavy atom. The number of aromatic nitrogens is 2. The summed E-state index contributed by atoms with van der Waals surface area (Å²) in [6, 6.07) is 18.7. The molecule has 4 rings (SSSR count). The number of ether oxygens (including phenoxy) is 1. The molecular formula is C21H17N3O3S. The fourth-order valence-corrected chi connectivity index (χ4v) is 3.74. The molecule has 2 heterocycles. The van der Waals surface area contributed by atoms with Crippen molar-refractivity contribution >= 4 is 44.9 Å². The summed E-state index contributed by atoms with van der Waals surface area (Å²) in [4.78, 5) is 33.4. The number of nitrogens with zero attached hydrogens (tertiary/aromatic N) is 2. The van der Waals surface area contributed by atoms with E-state index in [4.69, 9.17) is 4.74 Å². The number of thiazole rings is 1. The van der Waals surface area contributed by atoms with Gasteiger partial charge in [0, 0.05) is 23.2 Å². The first-order valence-electron chi connectivity index (χ1n) is 8.67. The summed E-state index contributed by atoms with van der Waals surface area (Å²) in [5.41, 5.74) is 2.61. The number of hydrogen-bond donors (Lipinski definition) is 1. The molecule has 2 aromatic carbocycles. The lowest BCUT2D eigenvalue weighted by atomic mass is 10.2. The van der Waals surface area contributed by atoms with Crippen LogP contribution in [0.25, 0.3) is 10.9 Å². The molecule has 0 fully saturated rings. The molecule has 4 aromatic rings. The minimum Gasteiger partial charge on any atom is -0.454 e. The van der Waals surface area contributed by atoms with Gasteiger partial charge in [0.2, 0.25) is 5.91 Å². The third kappa shape index (κ3) is 3.65. The number of para-hydroxylation sites is 2. The number of hydrogen-bond acceptors (Lipinski definition) is 5. The summed E-state index contributed by atoms with van der Waals surface area (Å²) in [7, 11) is 0. The molecule has 140 valence electrons. The van der Waals surface area contributed by atoms with Crippen molar-refractivity contribution in [1.29, 1.82) is 0 Å². The molecule has 0 aliphatic rings. The van der Waals surface area contributed by atoms with E-state index < -0.39 is 5.97 Å².